The predicted octanol–water partition coefficient (Wildman–Crippen LogP) is 6.12. The molecular weight excluding hydrogens is 450 g/mol. The SMILES string of the molecule is CNc1ccc2c3c([nH]c2c1)C(C)(C)c1cc(OC2CCCN(C(C)C)C2)c(OC(C)C)cc1C3=O. The summed E-state index contributed by atoms with van der Waals surface area (Å²) in [4.78, 5) is 20.0. The van der Waals surface area contributed by atoms with Crippen LogP contribution in [0.3, 0.4) is 0 Å². The van der Waals surface area contributed by atoms with Crippen molar-refractivity contribution in [2.45, 2.75) is 78.0 Å². The Morgan fingerprint density at radius 2 is 1.89 bits per heavy atom. The molecule has 2 heterocycles. The number of nitrogens with one attached hydrogen (secondary N) is 2. The molecule has 2 N–H and O–H groups in total. The molecular formula is C30H39N3O3. The first kappa shape index (κ1) is 24.7. The summed E-state index contributed by atoms with van der Waals surface area (Å²) in [6, 6.07) is 10.6. The van der Waals surface area contributed by atoms with Crippen molar-refractivity contribution in [3.8, 4) is 11.5 Å². The first-order chi connectivity index (χ1) is 17.1. The number of piperidine rings is 1. The summed E-state index contributed by atoms with van der Waals surface area (Å²) in [5.74, 6) is 1.41. The maximum atomic E-state index is 13.9. The number of aromatic nitrogens is 1. The lowest BCUT2D eigenvalue weighted by molar-refractivity contribution is 0.0671. The fraction of sp³-hybridized carbons (Fsp3) is 0.500. The van der Waals surface area contributed by atoms with Gasteiger partial charge in [-0.1, -0.05) is 19.9 Å². The Kier molecular flexibility index (Phi) is 6.27. The van der Waals surface area contributed by atoms with Crippen LogP contribution < -0.4 is 14.8 Å². The normalized spacial score (nSPS) is 19.5. The van der Waals surface area contributed by atoms with E-state index in [-0.39, 0.29) is 18.0 Å². The lowest BCUT2D eigenvalue weighted by Crippen LogP contribution is -2.44. The van der Waals surface area contributed by atoms with E-state index in [4.69, 9.17) is 9.47 Å². The first-order valence-electron chi connectivity index (χ1n) is 13.2. The van der Waals surface area contributed by atoms with E-state index in [0.29, 0.717) is 17.4 Å². The number of benzene rings is 2. The van der Waals surface area contributed by atoms with E-state index in [2.05, 4.69) is 55.0 Å². The van der Waals surface area contributed by atoms with Gasteiger partial charge in [0, 0.05) is 52.9 Å². The monoisotopic (exact) mass is 489 g/mol. The van der Waals surface area contributed by atoms with Crippen LogP contribution in [0.15, 0.2) is 30.3 Å². The number of H-pyrrole nitrogens is 1. The minimum absolute atomic E-state index is 0.0285. The fourth-order valence-corrected chi connectivity index (χ4v) is 5.74. The average molecular weight is 490 g/mol. The zero-order valence-corrected chi connectivity index (χ0v) is 22.6. The summed E-state index contributed by atoms with van der Waals surface area (Å²) >= 11 is 0. The number of hydrogen-bond donors (Lipinski definition) is 2. The summed E-state index contributed by atoms with van der Waals surface area (Å²) in [6.07, 6.45) is 2.20. The molecule has 3 aromatic rings. The van der Waals surface area contributed by atoms with Gasteiger partial charge in [0.05, 0.1) is 11.7 Å². The van der Waals surface area contributed by atoms with Crippen LogP contribution in [0.4, 0.5) is 5.69 Å². The van der Waals surface area contributed by atoms with Gasteiger partial charge in [0.2, 0.25) is 0 Å². The number of carbonyl (C=O) groups is 1. The van der Waals surface area contributed by atoms with E-state index >= 15 is 0 Å². The third kappa shape index (κ3) is 4.15. The molecule has 1 aliphatic carbocycles. The molecule has 0 amide bonds. The van der Waals surface area contributed by atoms with Gasteiger partial charge >= 0.3 is 0 Å². The fourth-order valence-electron chi connectivity index (χ4n) is 5.74. The van der Waals surface area contributed by atoms with E-state index in [1.54, 1.807) is 0 Å². The number of aromatic amines is 1. The smallest absolute Gasteiger partial charge is 0.195 e. The van der Waals surface area contributed by atoms with Crippen molar-refractivity contribution in [3.05, 3.63) is 52.7 Å². The largest absolute Gasteiger partial charge is 0.487 e. The van der Waals surface area contributed by atoms with Crippen molar-refractivity contribution < 1.29 is 14.3 Å². The lowest BCUT2D eigenvalue weighted by Gasteiger charge is -2.37. The Labute approximate surface area is 214 Å². The van der Waals surface area contributed by atoms with Crippen molar-refractivity contribution in [1.29, 1.82) is 0 Å². The van der Waals surface area contributed by atoms with Gasteiger partial charge in [-0.3, -0.25) is 9.69 Å². The zero-order valence-electron chi connectivity index (χ0n) is 22.6. The van der Waals surface area contributed by atoms with Gasteiger partial charge in [-0.15, -0.1) is 0 Å². The van der Waals surface area contributed by atoms with Gasteiger partial charge in [0.25, 0.3) is 0 Å². The van der Waals surface area contributed by atoms with Crippen LogP contribution >= 0.6 is 0 Å². The molecule has 0 bridgehead atoms. The van der Waals surface area contributed by atoms with E-state index in [1.165, 1.54) is 0 Å². The minimum Gasteiger partial charge on any atom is -0.487 e. The minimum atomic E-state index is -0.400. The molecule has 1 aromatic heterocycles. The highest BCUT2D eigenvalue weighted by Crippen LogP contribution is 2.47. The van der Waals surface area contributed by atoms with Gasteiger partial charge in [0.15, 0.2) is 17.3 Å². The number of likely N-dealkylation sites (tertiary alicyclic amines) is 1. The molecule has 1 unspecified atom stereocenters. The Morgan fingerprint density at radius 1 is 1.11 bits per heavy atom. The summed E-state index contributed by atoms with van der Waals surface area (Å²) in [7, 11) is 1.90. The molecule has 0 saturated carbocycles. The van der Waals surface area contributed by atoms with E-state index in [0.717, 1.165) is 65.1 Å². The van der Waals surface area contributed by atoms with Gasteiger partial charge in [-0.2, -0.15) is 0 Å². The van der Waals surface area contributed by atoms with Gasteiger partial charge < -0.3 is 19.8 Å². The number of ether oxygens (including phenoxy) is 2. The third-order valence-corrected chi connectivity index (χ3v) is 7.74. The molecule has 1 fully saturated rings. The zero-order chi connectivity index (χ0) is 25.8. The molecule has 1 saturated heterocycles. The summed E-state index contributed by atoms with van der Waals surface area (Å²) in [6.45, 7) is 14.9. The molecule has 2 aromatic carbocycles. The average Bonchev–Trinajstić information content (AvgIpc) is 3.23. The number of ketones is 1. The number of fused-ring (bicyclic) bond motifs is 4. The molecule has 1 atom stereocenters. The Morgan fingerprint density at radius 3 is 2.58 bits per heavy atom. The van der Waals surface area contributed by atoms with Crippen LogP contribution in [0, 0.1) is 0 Å². The molecule has 6 nitrogen and oxygen atoms in total. The number of anilines is 1. The molecule has 36 heavy (non-hydrogen) atoms. The molecule has 0 spiro atoms. The first-order valence-corrected chi connectivity index (χ1v) is 13.2. The summed E-state index contributed by atoms with van der Waals surface area (Å²) in [5.41, 5.74) is 4.96. The van der Waals surface area contributed by atoms with Gasteiger partial charge in [-0.05, 0) is 76.9 Å². The Balaban J connectivity index is 1.60. The highest BCUT2D eigenvalue weighted by atomic mass is 16.5. The highest BCUT2D eigenvalue weighted by molar-refractivity contribution is 6.20. The van der Waals surface area contributed by atoms with Crippen LogP contribution in [-0.2, 0) is 5.41 Å². The standard InChI is InChI=1S/C30H39N3O3/c1-17(2)33-12-8-9-20(16-33)36-26-15-23-22(14-25(26)35-18(3)4)28(34)27-21-11-10-19(31-7)13-24(21)32-29(27)30(23,5)6/h10-11,13-15,17-18,20,31-32H,8-9,12,16H2,1-7H3. The molecule has 2 aliphatic rings. The van der Waals surface area contributed by atoms with Crippen molar-refractivity contribution in [3.63, 3.8) is 0 Å². The topological polar surface area (TPSA) is 66.6 Å². The molecule has 0 radical (unpaired) electrons. The molecule has 5 rings (SSSR count). The number of nitrogens with zero attached hydrogens (tertiary/aromatic N) is 1. The van der Waals surface area contributed by atoms with Crippen molar-refractivity contribution in [1.82, 2.24) is 9.88 Å². The van der Waals surface area contributed by atoms with Crippen LogP contribution in [0.1, 0.15) is 81.6 Å². The van der Waals surface area contributed by atoms with Crippen LogP contribution in [-0.4, -0.2) is 54.1 Å². The highest BCUT2D eigenvalue weighted by Gasteiger charge is 2.41. The number of rotatable bonds is 6. The predicted molar refractivity (Wildman–Crippen MR) is 146 cm³/mol. The van der Waals surface area contributed by atoms with Crippen molar-refractivity contribution in [2.75, 3.05) is 25.5 Å². The van der Waals surface area contributed by atoms with Crippen molar-refractivity contribution >= 4 is 22.4 Å². The summed E-state index contributed by atoms with van der Waals surface area (Å²) in [5, 5.41) is 4.14. The van der Waals surface area contributed by atoms with Gasteiger partial charge in [-0.25, -0.2) is 0 Å². The van der Waals surface area contributed by atoms with E-state index in [9.17, 15) is 4.79 Å². The summed E-state index contributed by atoms with van der Waals surface area (Å²) < 4.78 is 12.9. The number of hydrogen-bond acceptors (Lipinski definition) is 5. The van der Waals surface area contributed by atoms with E-state index < -0.39 is 5.41 Å². The lowest BCUT2D eigenvalue weighted by atomic mass is 9.71. The van der Waals surface area contributed by atoms with Crippen LogP contribution in [0.2, 0.25) is 0 Å². The maximum Gasteiger partial charge on any atom is 0.195 e. The van der Waals surface area contributed by atoms with Crippen LogP contribution in [0.25, 0.3) is 10.9 Å². The second-order valence-corrected chi connectivity index (χ2v) is 11.3. The third-order valence-electron chi connectivity index (χ3n) is 7.74. The molecule has 192 valence electrons. The van der Waals surface area contributed by atoms with Crippen molar-refractivity contribution in [2.24, 2.45) is 0 Å². The van der Waals surface area contributed by atoms with Crippen LogP contribution in [0.5, 0.6) is 11.5 Å². The molecule has 6 heteroatoms. The Bertz CT molecular complexity index is 1300. The second kappa shape index (κ2) is 9.15. The van der Waals surface area contributed by atoms with E-state index in [1.807, 2.05) is 39.1 Å². The maximum absolute atomic E-state index is 13.9. The quantitative estimate of drug-likeness (QED) is 0.437. The molecule has 1 aliphatic heterocycles. The second-order valence-electron chi connectivity index (χ2n) is 11.3. The van der Waals surface area contributed by atoms with Gasteiger partial charge in [0.1, 0.15) is 6.10 Å². The Hall–Kier alpha value is -2.99. The number of carbonyl (C=O) groups excluding carboxylic acids is 1.